The smallest absolute Gasteiger partial charge is 0.128 e. The van der Waals surface area contributed by atoms with Crippen molar-refractivity contribution in [3.63, 3.8) is 0 Å². The Labute approximate surface area is 130 Å². The zero-order valence-electron chi connectivity index (χ0n) is 12.5. The molecule has 1 N–H and O–H groups in total. The van der Waals surface area contributed by atoms with Crippen molar-refractivity contribution in [2.75, 3.05) is 13.2 Å². The van der Waals surface area contributed by atoms with Crippen LogP contribution in [0.1, 0.15) is 32.3 Å². The lowest BCUT2D eigenvalue weighted by atomic mass is 9.85. The molecule has 112 valence electrons. The van der Waals surface area contributed by atoms with Gasteiger partial charge in [-0.2, -0.15) is 0 Å². The summed E-state index contributed by atoms with van der Waals surface area (Å²) in [5.74, 6) is 0.925. The summed E-state index contributed by atoms with van der Waals surface area (Å²) in [5, 5.41) is 3.53. The van der Waals surface area contributed by atoms with Crippen LogP contribution in [0.15, 0.2) is 22.7 Å². The molecule has 0 aromatic heterocycles. The van der Waals surface area contributed by atoms with Crippen molar-refractivity contribution in [2.24, 2.45) is 0 Å². The van der Waals surface area contributed by atoms with Crippen LogP contribution in [0.3, 0.4) is 0 Å². The number of benzene rings is 1. The lowest BCUT2D eigenvalue weighted by Crippen LogP contribution is -2.61. The van der Waals surface area contributed by atoms with Gasteiger partial charge >= 0.3 is 0 Å². The van der Waals surface area contributed by atoms with Crippen molar-refractivity contribution in [3.8, 4) is 5.75 Å². The first kappa shape index (κ1) is 15.8. The van der Waals surface area contributed by atoms with Crippen LogP contribution in [0.2, 0.25) is 0 Å². The van der Waals surface area contributed by atoms with Crippen molar-refractivity contribution < 1.29 is 9.47 Å². The second-order valence-corrected chi connectivity index (χ2v) is 6.14. The van der Waals surface area contributed by atoms with E-state index in [-0.39, 0.29) is 12.2 Å². The van der Waals surface area contributed by atoms with E-state index in [0.29, 0.717) is 6.04 Å². The van der Waals surface area contributed by atoms with Gasteiger partial charge in [-0.15, -0.1) is 0 Å². The summed E-state index contributed by atoms with van der Waals surface area (Å²) in [6.07, 6.45) is 2.48. The standard InChI is InChI=1S/C16H24BrNO2/c1-4-8-18-14-10-15(16(14)19-5-2)20-12-6-7-13(17)11(3)9-12/h6-7,9,14-16,18H,4-5,8,10H2,1-3H3. The maximum Gasteiger partial charge on any atom is 0.128 e. The third-order valence-corrected chi connectivity index (χ3v) is 4.57. The molecule has 0 amide bonds. The fourth-order valence-electron chi connectivity index (χ4n) is 2.51. The maximum atomic E-state index is 6.08. The van der Waals surface area contributed by atoms with E-state index in [1.807, 2.05) is 19.1 Å². The summed E-state index contributed by atoms with van der Waals surface area (Å²) in [6.45, 7) is 8.06. The maximum absolute atomic E-state index is 6.08. The van der Waals surface area contributed by atoms with E-state index >= 15 is 0 Å². The van der Waals surface area contributed by atoms with Gasteiger partial charge in [0.2, 0.25) is 0 Å². The highest BCUT2D eigenvalue weighted by Gasteiger charge is 2.43. The number of halogens is 1. The van der Waals surface area contributed by atoms with Crippen molar-refractivity contribution in [3.05, 3.63) is 28.2 Å². The molecule has 20 heavy (non-hydrogen) atoms. The molecule has 0 saturated heterocycles. The molecule has 0 spiro atoms. The average molecular weight is 342 g/mol. The molecule has 1 aliphatic rings. The molecule has 0 heterocycles. The van der Waals surface area contributed by atoms with Crippen LogP contribution in [0, 0.1) is 6.92 Å². The minimum absolute atomic E-state index is 0.157. The first-order valence-electron chi connectivity index (χ1n) is 7.43. The monoisotopic (exact) mass is 341 g/mol. The second kappa shape index (κ2) is 7.43. The molecule has 0 aliphatic heterocycles. The van der Waals surface area contributed by atoms with E-state index in [0.717, 1.165) is 36.2 Å². The van der Waals surface area contributed by atoms with Crippen molar-refractivity contribution >= 4 is 15.9 Å². The molecule has 0 bridgehead atoms. The van der Waals surface area contributed by atoms with E-state index < -0.39 is 0 Å². The summed E-state index contributed by atoms with van der Waals surface area (Å²) < 4.78 is 13.0. The quantitative estimate of drug-likeness (QED) is 0.820. The summed E-state index contributed by atoms with van der Waals surface area (Å²) in [6, 6.07) is 6.54. The molecule has 0 radical (unpaired) electrons. The fourth-order valence-corrected chi connectivity index (χ4v) is 2.75. The highest BCUT2D eigenvalue weighted by atomic mass is 79.9. The number of aryl methyl sites for hydroxylation is 1. The van der Waals surface area contributed by atoms with Gasteiger partial charge in [0.05, 0.1) is 0 Å². The Morgan fingerprint density at radius 1 is 1.35 bits per heavy atom. The predicted octanol–water partition coefficient (Wildman–Crippen LogP) is 3.68. The predicted molar refractivity (Wildman–Crippen MR) is 85.4 cm³/mol. The van der Waals surface area contributed by atoms with Crippen LogP contribution >= 0.6 is 15.9 Å². The minimum Gasteiger partial charge on any atom is -0.488 e. The summed E-state index contributed by atoms with van der Waals surface area (Å²) in [5.41, 5.74) is 1.19. The lowest BCUT2D eigenvalue weighted by Gasteiger charge is -2.44. The van der Waals surface area contributed by atoms with E-state index in [1.165, 1.54) is 5.56 Å². The molecule has 1 saturated carbocycles. The first-order chi connectivity index (χ1) is 9.65. The summed E-state index contributed by atoms with van der Waals surface area (Å²) in [4.78, 5) is 0. The lowest BCUT2D eigenvalue weighted by molar-refractivity contribution is -0.104. The van der Waals surface area contributed by atoms with Crippen LogP contribution in [0.5, 0.6) is 5.75 Å². The van der Waals surface area contributed by atoms with Crippen LogP contribution < -0.4 is 10.1 Å². The van der Waals surface area contributed by atoms with Gasteiger partial charge in [-0.3, -0.25) is 0 Å². The summed E-state index contributed by atoms with van der Waals surface area (Å²) in [7, 11) is 0. The highest BCUT2D eigenvalue weighted by molar-refractivity contribution is 9.10. The van der Waals surface area contributed by atoms with Gasteiger partial charge in [-0.25, -0.2) is 0 Å². The molecule has 1 aliphatic carbocycles. The number of nitrogens with one attached hydrogen (secondary N) is 1. The van der Waals surface area contributed by atoms with E-state index in [9.17, 15) is 0 Å². The van der Waals surface area contributed by atoms with Gasteiger partial charge < -0.3 is 14.8 Å². The Morgan fingerprint density at radius 3 is 2.80 bits per heavy atom. The van der Waals surface area contributed by atoms with Crippen molar-refractivity contribution in [1.29, 1.82) is 0 Å². The molecular formula is C16H24BrNO2. The molecule has 3 nitrogen and oxygen atoms in total. The van der Waals surface area contributed by atoms with Crippen LogP contribution in [-0.4, -0.2) is 31.4 Å². The molecular weight excluding hydrogens is 318 g/mol. The number of rotatable bonds is 7. The molecule has 2 rings (SSSR count). The Balaban J connectivity index is 1.93. The van der Waals surface area contributed by atoms with Gasteiger partial charge in [0.1, 0.15) is 18.0 Å². The molecule has 3 atom stereocenters. The van der Waals surface area contributed by atoms with Gasteiger partial charge in [-0.1, -0.05) is 22.9 Å². The van der Waals surface area contributed by atoms with Gasteiger partial charge in [0.25, 0.3) is 0 Å². The zero-order chi connectivity index (χ0) is 14.5. The van der Waals surface area contributed by atoms with Crippen LogP contribution in [-0.2, 0) is 4.74 Å². The Bertz CT molecular complexity index is 438. The SMILES string of the molecule is CCCNC1CC(Oc2ccc(Br)c(C)c2)C1OCC. The second-order valence-electron chi connectivity index (χ2n) is 5.28. The average Bonchev–Trinajstić information content (AvgIpc) is 2.43. The molecule has 1 aromatic rings. The van der Waals surface area contributed by atoms with Crippen LogP contribution in [0.25, 0.3) is 0 Å². The van der Waals surface area contributed by atoms with E-state index in [2.05, 4.69) is 41.2 Å². The number of hydrogen-bond acceptors (Lipinski definition) is 3. The molecule has 3 unspecified atom stereocenters. The third-order valence-electron chi connectivity index (χ3n) is 3.68. The van der Waals surface area contributed by atoms with E-state index in [4.69, 9.17) is 9.47 Å². The van der Waals surface area contributed by atoms with Gasteiger partial charge in [-0.05, 0) is 50.6 Å². The normalized spacial score (nSPS) is 25.3. The van der Waals surface area contributed by atoms with Gasteiger partial charge in [0.15, 0.2) is 0 Å². The minimum atomic E-state index is 0.157. The summed E-state index contributed by atoms with van der Waals surface area (Å²) >= 11 is 3.51. The fraction of sp³-hybridized carbons (Fsp3) is 0.625. The van der Waals surface area contributed by atoms with Crippen molar-refractivity contribution in [2.45, 2.75) is 51.9 Å². The van der Waals surface area contributed by atoms with E-state index in [1.54, 1.807) is 0 Å². The molecule has 4 heteroatoms. The Morgan fingerprint density at radius 2 is 2.15 bits per heavy atom. The van der Waals surface area contributed by atoms with Crippen LogP contribution in [0.4, 0.5) is 0 Å². The number of ether oxygens (including phenoxy) is 2. The van der Waals surface area contributed by atoms with Crippen molar-refractivity contribution in [1.82, 2.24) is 5.32 Å². The highest BCUT2D eigenvalue weighted by Crippen LogP contribution is 2.30. The first-order valence-corrected chi connectivity index (χ1v) is 8.22. The number of hydrogen-bond donors (Lipinski definition) is 1. The zero-order valence-corrected chi connectivity index (χ0v) is 14.1. The topological polar surface area (TPSA) is 30.5 Å². The molecule has 1 aromatic carbocycles. The third kappa shape index (κ3) is 3.74. The largest absolute Gasteiger partial charge is 0.488 e. The Kier molecular flexibility index (Phi) is 5.87. The molecule has 1 fully saturated rings. The van der Waals surface area contributed by atoms with Gasteiger partial charge in [0, 0.05) is 23.5 Å². The Hall–Kier alpha value is -0.580.